The lowest BCUT2D eigenvalue weighted by atomic mass is 10.2. The minimum atomic E-state index is -0.583. The van der Waals surface area contributed by atoms with Crippen LogP contribution in [0.25, 0.3) is 11.2 Å². The van der Waals surface area contributed by atoms with Gasteiger partial charge in [0, 0.05) is 13.6 Å². The first kappa shape index (κ1) is 21.2. The van der Waals surface area contributed by atoms with Crippen LogP contribution < -0.4 is 20.7 Å². The number of nitrogens with zero attached hydrogens (tertiary/aromatic N) is 3. The Kier molecular flexibility index (Phi) is 6.24. The van der Waals surface area contributed by atoms with Gasteiger partial charge in [-0.25, -0.2) is 14.6 Å². The summed E-state index contributed by atoms with van der Waals surface area (Å²) in [5, 5.41) is 0. The number of carbonyl (C=O) groups is 1. The number of rotatable bonds is 8. The lowest BCUT2D eigenvalue weighted by molar-refractivity contribution is 0.0459. The molecule has 0 radical (unpaired) electrons. The average Bonchev–Trinajstić information content (AvgIpc) is 3.07. The van der Waals surface area contributed by atoms with Crippen molar-refractivity contribution in [1.82, 2.24) is 19.1 Å². The molecule has 1 aromatic carbocycles. The van der Waals surface area contributed by atoms with Crippen molar-refractivity contribution in [3.05, 3.63) is 50.4 Å². The number of ether oxygens (including phenoxy) is 3. The van der Waals surface area contributed by atoms with Gasteiger partial charge in [-0.1, -0.05) is 13.3 Å². The van der Waals surface area contributed by atoms with E-state index in [1.807, 2.05) is 6.92 Å². The highest BCUT2D eigenvalue weighted by Crippen LogP contribution is 2.27. The Bertz CT molecular complexity index is 1190. The molecule has 160 valence electrons. The number of fused-ring (bicyclic) bond motifs is 1. The van der Waals surface area contributed by atoms with Crippen LogP contribution in [0.2, 0.25) is 0 Å². The molecule has 3 rings (SSSR count). The van der Waals surface area contributed by atoms with Gasteiger partial charge >= 0.3 is 11.7 Å². The van der Waals surface area contributed by atoms with E-state index in [1.165, 1.54) is 29.4 Å². The number of methoxy groups -OCH3 is 2. The van der Waals surface area contributed by atoms with Crippen LogP contribution in [0.4, 0.5) is 0 Å². The van der Waals surface area contributed by atoms with Gasteiger partial charge in [0.25, 0.3) is 5.56 Å². The number of aromatic nitrogens is 4. The van der Waals surface area contributed by atoms with Gasteiger partial charge in [-0.05, 0) is 24.6 Å². The Morgan fingerprint density at radius 1 is 1.17 bits per heavy atom. The number of hydrogen-bond acceptors (Lipinski definition) is 7. The van der Waals surface area contributed by atoms with Gasteiger partial charge in [0.05, 0.1) is 19.8 Å². The standard InChI is InChI=1S/C20H24N4O6/c1-5-6-9-24-17-16(18(25)22-20(24)27)23(2)15(21-17)11-30-19(26)12-7-8-13(28-3)14(10-12)29-4/h7-8,10H,5-6,9,11H2,1-4H3,(H,22,25,27). The van der Waals surface area contributed by atoms with E-state index in [0.717, 1.165) is 12.8 Å². The van der Waals surface area contributed by atoms with Crippen molar-refractivity contribution in [1.29, 1.82) is 0 Å². The third-order valence-electron chi connectivity index (χ3n) is 4.79. The number of H-pyrrole nitrogens is 1. The maximum absolute atomic E-state index is 12.5. The van der Waals surface area contributed by atoms with Crippen molar-refractivity contribution in [2.45, 2.75) is 32.9 Å². The van der Waals surface area contributed by atoms with Crippen LogP contribution in [-0.4, -0.2) is 39.3 Å². The minimum absolute atomic E-state index is 0.167. The summed E-state index contributed by atoms with van der Waals surface area (Å²) in [5.74, 6) is 0.662. The Morgan fingerprint density at radius 2 is 1.90 bits per heavy atom. The van der Waals surface area contributed by atoms with Crippen LogP contribution in [0.5, 0.6) is 11.5 Å². The van der Waals surface area contributed by atoms with Crippen molar-refractivity contribution in [3.63, 3.8) is 0 Å². The number of hydrogen-bond donors (Lipinski definition) is 1. The van der Waals surface area contributed by atoms with E-state index >= 15 is 0 Å². The molecule has 0 saturated heterocycles. The highest BCUT2D eigenvalue weighted by molar-refractivity contribution is 5.90. The van der Waals surface area contributed by atoms with Crippen LogP contribution in [0.15, 0.2) is 27.8 Å². The van der Waals surface area contributed by atoms with Crippen molar-refractivity contribution < 1.29 is 19.0 Å². The largest absolute Gasteiger partial charge is 0.493 e. The number of aromatic amines is 1. The fraction of sp³-hybridized carbons (Fsp3) is 0.400. The molecule has 0 fully saturated rings. The van der Waals surface area contributed by atoms with Crippen molar-refractivity contribution >= 4 is 17.1 Å². The number of benzene rings is 1. The van der Waals surface area contributed by atoms with Crippen LogP contribution in [0.3, 0.4) is 0 Å². The van der Waals surface area contributed by atoms with E-state index in [0.29, 0.717) is 23.9 Å². The van der Waals surface area contributed by atoms with Gasteiger partial charge in [0.1, 0.15) is 12.4 Å². The third kappa shape index (κ3) is 3.93. The van der Waals surface area contributed by atoms with Crippen LogP contribution in [0, 0.1) is 0 Å². The normalized spacial score (nSPS) is 10.9. The fourth-order valence-electron chi connectivity index (χ4n) is 3.12. The molecule has 10 nitrogen and oxygen atoms in total. The van der Waals surface area contributed by atoms with Gasteiger partial charge in [0.2, 0.25) is 0 Å². The van der Waals surface area contributed by atoms with Crippen LogP contribution >= 0.6 is 0 Å². The molecule has 0 aliphatic heterocycles. The number of nitrogens with one attached hydrogen (secondary N) is 1. The number of unbranched alkanes of at least 4 members (excludes halogenated alkanes) is 1. The second-order valence-electron chi connectivity index (χ2n) is 6.67. The zero-order chi connectivity index (χ0) is 21.8. The number of aryl methyl sites for hydroxylation is 2. The van der Waals surface area contributed by atoms with Gasteiger partial charge in [-0.2, -0.15) is 0 Å². The summed E-state index contributed by atoms with van der Waals surface area (Å²) in [5.41, 5.74) is -0.230. The summed E-state index contributed by atoms with van der Waals surface area (Å²) in [6.45, 7) is 2.27. The summed E-state index contributed by atoms with van der Waals surface area (Å²) < 4.78 is 18.7. The predicted molar refractivity (Wildman–Crippen MR) is 109 cm³/mol. The molecule has 0 saturated carbocycles. The molecule has 0 spiro atoms. The first-order valence-electron chi connectivity index (χ1n) is 9.48. The molecule has 0 amide bonds. The Morgan fingerprint density at radius 3 is 2.57 bits per heavy atom. The quantitative estimate of drug-likeness (QED) is 0.554. The molecule has 0 aliphatic rings. The minimum Gasteiger partial charge on any atom is -0.493 e. The topological polar surface area (TPSA) is 117 Å². The molecule has 0 bridgehead atoms. The first-order valence-corrected chi connectivity index (χ1v) is 9.48. The Balaban J connectivity index is 1.88. The highest BCUT2D eigenvalue weighted by Gasteiger charge is 2.18. The summed E-state index contributed by atoms with van der Waals surface area (Å²) in [6, 6.07) is 4.69. The summed E-state index contributed by atoms with van der Waals surface area (Å²) in [4.78, 5) is 43.7. The smallest absolute Gasteiger partial charge is 0.338 e. The lowest BCUT2D eigenvalue weighted by Gasteiger charge is -2.09. The van der Waals surface area contributed by atoms with E-state index < -0.39 is 17.2 Å². The summed E-state index contributed by atoms with van der Waals surface area (Å²) in [7, 11) is 4.62. The van der Waals surface area contributed by atoms with Gasteiger partial charge in [-0.15, -0.1) is 0 Å². The molecule has 2 aromatic heterocycles. The Labute approximate surface area is 172 Å². The van der Waals surface area contributed by atoms with Gasteiger partial charge in [-0.3, -0.25) is 14.3 Å². The summed E-state index contributed by atoms with van der Waals surface area (Å²) in [6.07, 6.45) is 1.65. The lowest BCUT2D eigenvalue weighted by Crippen LogP contribution is -2.31. The van der Waals surface area contributed by atoms with E-state index in [2.05, 4.69) is 9.97 Å². The number of esters is 1. The number of imidazole rings is 1. The SMILES string of the molecule is CCCCn1c(=O)[nH]c(=O)c2c1nc(COC(=O)c1ccc(OC)c(OC)c1)n2C. The molecular weight excluding hydrogens is 392 g/mol. The van der Waals surface area contributed by atoms with Crippen LogP contribution in [-0.2, 0) is 24.9 Å². The molecule has 10 heteroatoms. The predicted octanol–water partition coefficient (Wildman–Crippen LogP) is 1.60. The van der Waals surface area contributed by atoms with Crippen LogP contribution in [0.1, 0.15) is 35.9 Å². The second kappa shape index (κ2) is 8.85. The molecule has 1 N–H and O–H groups in total. The molecule has 2 heterocycles. The Hall–Kier alpha value is -3.56. The van der Waals surface area contributed by atoms with E-state index in [-0.39, 0.29) is 23.3 Å². The molecule has 3 aromatic rings. The van der Waals surface area contributed by atoms with Crippen molar-refractivity contribution in [3.8, 4) is 11.5 Å². The zero-order valence-electron chi connectivity index (χ0n) is 17.4. The molecule has 30 heavy (non-hydrogen) atoms. The highest BCUT2D eigenvalue weighted by atomic mass is 16.5. The maximum atomic E-state index is 12.5. The zero-order valence-corrected chi connectivity index (χ0v) is 17.4. The summed E-state index contributed by atoms with van der Waals surface area (Å²) >= 11 is 0. The van der Waals surface area contributed by atoms with Gasteiger partial charge in [0.15, 0.2) is 22.7 Å². The van der Waals surface area contributed by atoms with E-state index in [9.17, 15) is 14.4 Å². The molecular formula is C20H24N4O6. The average molecular weight is 416 g/mol. The molecule has 0 aliphatic carbocycles. The first-order chi connectivity index (χ1) is 14.4. The van der Waals surface area contributed by atoms with E-state index in [1.54, 1.807) is 19.2 Å². The monoisotopic (exact) mass is 416 g/mol. The van der Waals surface area contributed by atoms with E-state index in [4.69, 9.17) is 14.2 Å². The molecule has 0 atom stereocenters. The second-order valence-corrected chi connectivity index (χ2v) is 6.67. The fourth-order valence-corrected chi connectivity index (χ4v) is 3.12. The number of carbonyl (C=O) groups excluding carboxylic acids is 1. The maximum Gasteiger partial charge on any atom is 0.338 e. The van der Waals surface area contributed by atoms with Gasteiger partial charge < -0.3 is 18.8 Å². The third-order valence-corrected chi connectivity index (χ3v) is 4.79. The van der Waals surface area contributed by atoms with Crippen molar-refractivity contribution in [2.24, 2.45) is 7.05 Å². The van der Waals surface area contributed by atoms with Crippen molar-refractivity contribution in [2.75, 3.05) is 14.2 Å². The molecule has 0 unspecified atom stereocenters.